The number of carbonyl (C=O) groups excluding carboxylic acids is 1. The number of amides is 1. The van der Waals surface area contributed by atoms with Crippen LogP contribution >= 0.6 is 11.3 Å². The van der Waals surface area contributed by atoms with Crippen LogP contribution in [-0.2, 0) is 4.79 Å². The lowest BCUT2D eigenvalue weighted by molar-refractivity contribution is -0.118. The third-order valence-corrected chi connectivity index (χ3v) is 4.58. The van der Waals surface area contributed by atoms with Gasteiger partial charge in [0, 0.05) is 17.5 Å². The zero-order valence-corrected chi connectivity index (χ0v) is 12.1. The van der Waals surface area contributed by atoms with Gasteiger partial charge in [0.25, 0.3) is 0 Å². The molecule has 0 atom stereocenters. The molecule has 2 N–H and O–H groups in total. The minimum Gasteiger partial charge on any atom is -0.388 e. The molecule has 0 aromatic carbocycles. The second-order valence-corrected chi connectivity index (χ2v) is 6.45. The van der Waals surface area contributed by atoms with Crippen LogP contribution in [0.4, 0.5) is 0 Å². The van der Waals surface area contributed by atoms with Gasteiger partial charge in [0.2, 0.25) is 5.91 Å². The van der Waals surface area contributed by atoms with Crippen molar-refractivity contribution in [1.29, 1.82) is 0 Å². The Kier molecular flexibility index (Phi) is 4.77. The van der Waals surface area contributed by atoms with E-state index >= 15 is 0 Å². The van der Waals surface area contributed by atoms with Crippen molar-refractivity contribution >= 4 is 23.3 Å². The molecule has 0 aliphatic heterocycles. The Morgan fingerprint density at radius 1 is 1.58 bits per heavy atom. The predicted molar refractivity (Wildman–Crippen MR) is 78.9 cm³/mol. The van der Waals surface area contributed by atoms with Crippen molar-refractivity contribution in [3.8, 4) is 0 Å². The smallest absolute Gasteiger partial charge is 0.244 e. The van der Waals surface area contributed by atoms with Gasteiger partial charge in [-0.1, -0.05) is 13.0 Å². The standard InChI is InChI=1S/C15H21NO2S/c1-12-6-8-15(18,9-7-12)11-16-14(17)5-4-13-3-2-10-19-13/h2-5,10,12,18H,6-9,11H2,1H3,(H,16,17). The summed E-state index contributed by atoms with van der Waals surface area (Å²) in [5.41, 5.74) is -0.709. The molecule has 2 rings (SSSR count). The van der Waals surface area contributed by atoms with Gasteiger partial charge < -0.3 is 10.4 Å². The van der Waals surface area contributed by atoms with Gasteiger partial charge in [0.1, 0.15) is 0 Å². The normalized spacial score (nSPS) is 27.6. The van der Waals surface area contributed by atoms with E-state index in [0.717, 1.165) is 30.6 Å². The molecule has 1 aliphatic carbocycles. The number of nitrogens with one attached hydrogen (secondary N) is 1. The van der Waals surface area contributed by atoms with E-state index < -0.39 is 5.60 Å². The molecule has 1 aromatic heterocycles. The van der Waals surface area contributed by atoms with Gasteiger partial charge >= 0.3 is 0 Å². The van der Waals surface area contributed by atoms with Gasteiger partial charge in [-0.25, -0.2) is 0 Å². The average Bonchev–Trinajstić information content (AvgIpc) is 2.91. The lowest BCUT2D eigenvalue weighted by Gasteiger charge is -2.34. The van der Waals surface area contributed by atoms with E-state index in [1.165, 1.54) is 6.08 Å². The van der Waals surface area contributed by atoms with E-state index in [1.807, 2.05) is 17.5 Å². The third-order valence-electron chi connectivity index (χ3n) is 3.74. The summed E-state index contributed by atoms with van der Waals surface area (Å²) in [5.74, 6) is 0.551. The highest BCUT2D eigenvalue weighted by Crippen LogP contribution is 2.31. The molecule has 0 spiro atoms. The highest BCUT2D eigenvalue weighted by molar-refractivity contribution is 7.10. The van der Waals surface area contributed by atoms with E-state index in [1.54, 1.807) is 17.4 Å². The summed E-state index contributed by atoms with van der Waals surface area (Å²) in [6, 6.07) is 3.92. The molecule has 1 fully saturated rings. The quantitative estimate of drug-likeness (QED) is 0.833. The lowest BCUT2D eigenvalue weighted by Crippen LogP contribution is -2.44. The Balaban J connectivity index is 1.77. The number of rotatable bonds is 4. The fourth-order valence-corrected chi connectivity index (χ4v) is 2.95. The first kappa shape index (κ1) is 14.3. The number of thiophene rings is 1. The second kappa shape index (κ2) is 6.35. The van der Waals surface area contributed by atoms with Crippen molar-refractivity contribution in [1.82, 2.24) is 5.32 Å². The first-order chi connectivity index (χ1) is 9.07. The summed E-state index contributed by atoms with van der Waals surface area (Å²) >= 11 is 1.59. The van der Waals surface area contributed by atoms with Crippen LogP contribution in [0.1, 0.15) is 37.5 Å². The maximum atomic E-state index is 11.7. The SMILES string of the molecule is CC1CCC(O)(CNC(=O)C=Cc2cccs2)CC1. The van der Waals surface area contributed by atoms with Crippen molar-refractivity contribution in [3.63, 3.8) is 0 Å². The molecule has 1 aliphatic rings. The molecule has 3 nitrogen and oxygen atoms in total. The number of carbonyl (C=O) groups is 1. The van der Waals surface area contributed by atoms with Gasteiger partial charge in [0.15, 0.2) is 0 Å². The first-order valence-electron chi connectivity index (χ1n) is 6.79. The monoisotopic (exact) mass is 279 g/mol. The molecular weight excluding hydrogens is 258 g/mol. The third kappa shape index (κ3) is 4.48. The summed E-state index contributed by atoms with van der Waals surface area (Å²) in [4.78, 5) is 12.7. The lowest BCUT2D eigenvalue weighted by atomic mass is 9.79. The molecule has 0 bridgehead atoms. The largest absolute Gasteiger partial charge is 0.388 e. The van der Waals surface area contributed by atoms with E-state index in [-0.39, 0.29) is 5.91 Å². The Morgan fingerprint density at radius 2 is 2.32 bits per heavy atom. The van der Waals surface area contributed by atoms with Crippen LogP contribution in [0.5, 0.6) is 0 Å². The summed E-state index contributed by atoms with van der Waals surface area (Å²) < 4.78 is 0. The van der Waals surface area contributed by atoms with E-state index in [9.17, 15) is 9.90 Å². The van der Waals surface area contributed by atoms with E-state index in [2.05, 4.69) is 12.2 Å². The molecule has 0 unspecified atom stereocenters. The van der Waals surface area contributed by atoms with E-state index in [0.29, 0.717) is 12.5 Å². The molecule has 4 heteroatoms. The maximum Gasteiger partial charge on any atom is 0.244 e. The van der Waals surface area contributed by atoms with Crippen molar-refractivity contribution in [2.45, 2.75) is 38.2 Å². The summed E-state index contributed by atoms with van der Waals surface area (Å²) in [5, 5.41) is 15.1. The van der Waals surface area contributed by atoms with Crippen molar-refractivity contribution in [3.05, 3.63) is 28.5 Å². The highest BCUT2D eigenvalue weighted by atomic mass is 32.1. The predicted octanol–water partition coefficient (Wildman–Crippen LogP) is 2.82. The molecule has 1 aromatic rings. The number of aliphatic hydroxyl groups is 1. The Bertz CT molecular complexity index is 431. The topological polar surface area (TPSA) is 49.3 Å². The molecular formula is C15H21NO2S. The average molecular weight is 279 g/mol. The van der Waals surface area contributed by atoms with Gasteiger partial charge in [-0.3, -0.25) is 4.79 Å². The highest BCUT2D eigenvalue weighted by Gasteiger charge is 2.31. The molecule has 104 valence electrons. The molecule has 0 saturated heterocycles. The number of hydrogen-bond donors (Lipinski definition) is 2. The minimum absolute atomic E-state index is 0.138. The van der Waals surface area contributed by atoms with Crippen molar-refractivity contribution in [2.75, 3.05) is 6.54 Å². The molecule has 19 heavy (non-hydrogen) atoms. The van der Waals surface area contributed by atoms with Crippen LogP contribution in [-0.4, -0.2) is 23.2 Å². The zero-order chi connectivity index (χ0) is 13.7. The van der Waals surface area contributed by atoms with Gasteiger partial charge in [-0.15, -0.1) is 11.3 Å². The van der Waals surface area contributed by atoms with Crippen LogP contribution in [0.3, 0.4) is 0 Å². The van der Waals surface area contributed by atoms with Crippen molar-refractivity contribution < 1.29 is 9.90 Å². The van der Waals surface area contributed by atoms with Crippen LogP contribution < -0.4 is 5.32 Å². The van der Waals surface area contributed by atoms with Crippen LogP contribution in [0.15, 0.2) is 23.6 Å². The fraction of sp³-hybridized carbons (Fsp3) is 0.533. The first-order valence-corrected chi connectivity index (χ1v) is 7.67. The Labute approximate surface area is 118 Å². The second-order valence-electron chi connectivity index (χ2n) is 5.47. The molecule has 1 heterocycles. The molecule has 0 radical (unpaired) electrons. The summed E-state index contributed by atoms with van der Waals surface area (Å²) in [6.45, 7) is 2.56. The van der Waals surface area contributed by atoms with Gasteiger partial charge in [-0.2, -0.15) is 0 Å². The summed E-state index contributed by atoms with van der Waals surface area (Å²) in [7, 11) is 0. The van der Waals surface area contributed by atoms with E-state index in [4.69, 9.17) is 0 Å². The summed E-state index contributed by atoms with van der Waals surface area (Å²) in [6.07, 6.45) is 6.97. The van der Waals surface area contributed by atoms with Crippen LogP contribution in [0.25, 0.3) is 6.08 Å². The Hall–Kier alpha value is -1.13. The van der Waals surface area contributed by atoms with Gasteiger partial charge in [0.05, 0.1) is 5.60 Å². The molecule has 1 amide bonds. The minimum atomic E-state index is -0.709. The Morgan fingerprint density at radius 3 is 2.95 bits per heavy atom. The maximum absolute atomic E-state index is 11.7. The molecule has 1 saturated carbocycles. The van der Waals surface area contributed by atoms with Crippen molar-refractivity contribution in [2.24, 2.45) is 5.92 Å². The van der Waals surface area contributed by atoms with Gasteiger partial charge in [-0.05, 0) is 49.1 Å². The fourth-order valence-electron chi connectivity index (χ4n) is 2.33. The number of hydrogen-bond acceptors (Lipinski definition) is 3. The zero-order valence-electron chi connectivity index (χ0n) is 11.3. The van der Waals surface area contributed by atoms with Crippen LogP contribution in [0, 0.1) is 5.92 Å². The van der Waals surface area contributed by atoms with Crippen LogP contribution in [0.2, 0.25) is 0 Å².